The van der Waals surface area contributed by atoms with Gasteiger partial charge < -0.3 is 15.0 Å². The number of hydrogen-bond acceptors (Lipinski definition) is 6. The topological polar surface area (TPSA) is 84.7 Å². The van der Waals surface area contributed by atoms with Crippen molar-refractivity contribution in [2.75, 3.05) is 18.4 Å². The Morgan fingerprint density at radius 3 is 2.48 bits per heavy atom. The Hall–Kier alpha value is -2.38. The minimum absolute atomic E-state index is 0.230. The second kappa shape index (κ2) is 7.46. The van der Waals surface area contributed by atoms with Crippen molar-refractivity contribution in [2.24, 2.45) is 0 Å². The van der Waals surface area contributed by atoms with Crippen molar-refractivity contribution < 1.29 is 9.53 Å². The Labute approximate surface area is 172 Å². The van der Waals surface area contributed by atoms with Crippen LogP contribution in [0.4, 0.5) is 10.6 Å². The second-order valence-corrected chi connectivity index (χ2v) is 9.55. The van der Waals surface area contributed by atoms with Gasteiger partial charge in [0, 0.05) is 25.0 Å². The standard InChI is InChI=1S/C21H32N6O2/c1-13(2)16-12-22-19-18(24-17(14-6-7-14)25-27(16)19)23-15-8-10-26(11-9-15)20(28)29-21(3,4)5/h12-15H,6-11H2,1-5H3,(H,23,24,25). The highest BCUT2D eigenvalue weighted by Crippen LogP contribution is 2.39. The number of anilines is 1. The van der Waals surface area contributed by atoms with Gasteiger partial charge in [-0.1, -0.05) is 13.8 Å². The Bertz CT molecular complexity index is 888. The van der Waals surface area contributed by atoms with Gasteiger partial charge in [0.15, 0.2) is 17.3 Å². The highest BCUT2D eigenvalue weighted by atomic mass is 16.6. The lowest BCUT2D eigenvalue weighted by atomic mass is 10.1. The third-order valence-electron chi connectivity index (χ3n) is 5.43. The number of amides is 1. The molecule has 0 radical (unpaired) electrons. The number of likely N-dealkylation sites (tertiary alicyclic amines) is 1. The number of nitrogens with one attached hydrogen (secondary N) is 1. The summed E-state index contributed by atoms with van der Waals surface area (Å²) in [5.41, 5.74) is 1.42. The molecule has 0 bridgehead atoms. The maximum Gasteiger partial charge on any atom is 0.410 e. The van der Waals surface area contributed by atoms with Gasteiger partial charge in [-0.15, -0.1) is 0 Å². The van der Waals surface area contributed by atoms with Crippen LogP contribution in [0.15, 0.2) is 6.20 Å². The zero-order valence-electron chi connectivity index (χ0n) is 18.1. The number of carbonyl (C=O) groups is 1. The third kappa shape index (κ3) is 4.46. The first kappa shape index (κ1) is 19.9. The summed E-state index contributed by atoms with van der Waals surface area (Å²) in [6.07, 6.45) is 5.70. The van der Waals surface area contributed by atoms with Crippen molar-refractivity contribution in [3.05, 3.63) is 17.7 Å². The molecule has 8 nitrogen and oxygen atoms in total. The number of carbonyl (C=O) groups excluding carboxylic acids is 1. The van der Waals surface area contributed by atoms with Gasteiger partial charge in [0.25, 0.3) is 0 Å². The van der Waals surface area contributed by atoms with E-state index in [1.165, 1.54) is 0 Å². The Morgan fingerprint density at radius 1 is 1.21 bits per heavy atom. The first-order valence-electron chi connectivity index (χ1n) is 10.7. The van der Waals surface area contributed by atoms with Crippen molar-refractivity contribution in [3.63, 3.8) is 0 Å². The van der Waals surface area contributed by atoms with E-state index in [9.17, 15) is 4.79 Å². The molecular weight excluding hydrogens is 368 g/mol. The first-order chi connectivity index (χ1) is 13.7. The van der Waals surface area contributed by atoms with Crippen molar-refractivity contribution in [2.45, 2.75) is 83.8 Å². The van der Waals surface area contributed by atoms with Crippen LogP contribution < -0.4 is 5.32 Å². The zero-order valence-corrected chi connectivity index (χ0v) is 18.1. The average molecular weight is 401 g/mol. The molecule has 29 heavy (non-hydrogen) atoms. The average Bonchev–Trinajstić information content (AvgIpc) is 3.39. The van der Waals surface area contributed by atoms with Gasteiger partial charge in [0.05, 0.1) is 11.9 Å². The molecule has 1 saturated heterocycles. The molecule has 2 aliphatic rings. The fourth-order valence-electron chi connectivity index (χ4n) is 3.65. The van der Waals surface area contributed by atoms with Crippen LogP contribution in [0, 0.1) is 0 Å². The van der Waals surface area contributed by atoms with E-state index in [1.54, 1.807) is 4.90 Å². The van der Waals surface area contributed by atoms with Crippen molar-refractivity contribution in [1.82, 2.24) is 24.5 Å². The summed E-state index contributed by atoms with van der Waals surface area (Å²) < 4.78 is 7.46. The number of piperidine rings is 1. The summed E-state index contributed by atoms with van der Waals surface area (Å²) in [6, 6.07) is 0.249. The molecule has 2 fully saturated rings. The van der Waals surface area contributed by atoms with E-state index < -0.39 is 5.60 Å². The van der Waals surface area contributed by atoms with E-state index in [0.29, 0.717) is 24.9 Å². The minimum Gasteiger partial charge on any atom is -0.444 e. The van der Waals surface area contributed by atoms with Crippen LogP contribution in [-0.2, 0) is 4.74 Å². The molecule has 0 atom stereocenters. The lowest BCUT2D eigenvalue weighted by molar-refractivity contribution is 0.0210. The number of fused-ring (bicyclic) bond motifs is 1. The summed E-state index contributed by atoms with van der Waals surface area (Å²) >= 11 is 0. The molecule has 1 aliphatic carbocycles. The largest absolute Gasteiger partial charge is 0.444 e. The predicted molar refractivity (Wildman–Crippen MR) is 111 cm³/mol. The highest BCUT2D eigenvalue weighted by molar-refractivity contribution is 5.68. The van der Waals surface area contributed by atoms with Crippen molar-refractivity contribution in [3.8, 4) is 0 Å². The molecule has 158 valence electrons. The van der Waals surface area contributed by atoms with Crippen LogP contribution >= 0.6 is 0 Å². The monoisotopic (exact) mass is 400 g/mol. The molecular formula is C21H32N6O2. The van der Waals surface area contributed by atoms with Gasteiger partial charge in [-0.3, -0.25) is 0 Å². The Balaban J connectivity index is 1.48. The number of ether oxygens (including phenoxy) is 1. The number of imidazole rings is 1. The SMILES string of the molecule is CC(C)c1cnc2c(NC3CCN(C(=O)OC(C)(C)C)CC3)nc(C3CC3)nn12. The van der Waals surface area contributed by atoms with Gasteiger partial charge in [-0.05, 0) is 52.4 Å². The molecule has 1 amide bonds. The number of aromatic nitrogens is 4. The molecule has 3 heterocycles. The molecule has 2 aromatic heterocycles. The van der Waals surface area contributed by atoms with Gasteiger partial charge in [0.2, 0.25) is 0 Å². The van der Waals surface area contributed by atoms with E-state index in [2.05, 4.69) is 24.1 Å². The normalized spacial score (nSPS) is 18.5. The summed E-state index contributed by atoms with van der Waals surface area (Å²) in [5, 5.41) is 8.37. The van der Waals surface area contributed by atoms with E-state index in [0.717, 1.165) is 48.7 Å². The molecule has 2 aromatic rings. The van der Waals surface area contributed by atoms with Crippen LogP contribution in [0.2, 0.25) is 0 Å². The summed E-state index contributed by atoms with van der Waals surface area (Å²) in [6.45, 7) is 11.3. The lowest BCUT2D eigenvalue weighted by Gasteiger charge is -2.33. The zero-order chi connectivity index (χ0) is 20.8. The smallest absolute Gasteiger partial charge is 0.410 e. The molecule has 8 heteroatoms. The maximum absolute atomic E-state index is 12.3. The van der Waals surface area contributed by atoms with Crippen molar-refractivity contribution >= 4 is 17.6 Å². The molecule has 0 unspecified atom stereocenters. The third-order valence-corrected chi connectivity index (χ3v) is 5.43. The Kier molecular flexibility index (Phi) is 5.12. The lowest BCUT2D eigenvalue weighted by Crippen LogP contribution is -2.44. The van der Waals surface area contributed by atoms with Gasteiger partial charge in [0.1, 0.15) is 5.60 Å². The fourth-order valence-corrected chi connectivity index (χ4v) is 3.65. The quantitative estimate of drug-likeness (QED) is 0.837. The second-order valence-electron chi connectivity index (χ2n) is 9.55. The number of nitrogens with zero attached hydrogens (tertiary/aromatic N) is 5. The fraction of sp³-hybridized carbons (Fsp3) is 0.714. The molecule has 1 N–H and O–H groups in total. The summed E-state index contributed by atoms with van der Waals surface area (Å²) in [5.74, 6) is 2.53. The molecule has 0 aromatic carbocycles. The van der Waals surface area contributed by atoms with E-state index in [1.807, 2.05) is 31.5 Å². The molecule has 0 spiro atoms. The summed E-state index contributed by atoms with van der Waals surface area (Å²) in [4.78, 5) is 23.5. The summed E-state index contributed by atoms with van der Waals surface area (Å²) in [7, 11) is 0. The van der Waals surface area contributed by atoms with Gasteiger partial charge >= 0.3 is 6.09 Å². The maximum atomic E-state index is 12.3. The van der Waals surface area contributed by atoms with Crippen LogP contribution in [0.3, 0.4) is 0 Å². The molecule has 1 saturated carbocycles. The first-order valence-corrected chi connectivity index (χ1v) is 10.7. The predicted octanol–water partition coefficient (Wildman–Crippen LogP) is 3.94. The van der Waals surface area contributed by atoms with Crippen LogP contribution in [-0.4, -0.2) is 55.3 Å². The van der Waals surface area contributed by atoms with Gasteiger partial charge in [-0.25, -0.2) is 19.3 Å². The Morgan fingerprint density at radius 2 is 1.90 bits per heavy atom. The van der Waals surface area contributed by atoms with Crippen LogP contribution in [0.25, 0.3) is 5.65 Å². The number of rotatable bonds is 4. The van der Waals surface area contributed by atoms with E-state index >= 15 is 0 Å². The minimum atomic E-state index is -0.466. The highest BCUT2D eigenvalue weighted by Gasteiger charge is 2.30. The van der Waals surface area contributed by atoms with E-state index in [-0.39, 0.29) is 12.1 Å². The van der Waals surface area contributed by atoms with Crippen LogP contribution in [0.1, 0.15) is 83.7 Å². The van der Waals surface area contributed by atoms with Crippen LogP contribution in [0.5, 0.6) is 0 Å². The molecule has 1 aliphatic heterocycles. The molecule has 4 rings (SSSR count). The van der Waals surface area contributed by atoms with Gasteiger partial charge in [-0.2, -0.15) is 5.10 Å². The number of hydrogen-bond donors (Lipinski definition) is 1. The van der Waals surface area contributed by atoms with Crippen molar-refractivity contribution in [1.29, 1.82) is 0 Å². The van der Waals surface area contributed by atoms with E-state index in [4.69, 9.17) is 14.8 Å².